The van der Waals surface area contributed by atoms with Crippen LogP contribution in [0.2, 0.25) is 0 Å². The van der Waals surface area contributed by atoms with E-state index in [2.05, 4.69) is 12.2 Å². The summed E-state index contributed by atoms with van der Waals surface area (Å²) in [4.78, 5) is 0. The van der Waals surface area contributed by atoms with Gasteiger partial charge in [-0.25, -0.2) is 0 Å². The Morgan fingerprint density at radius 2 is 2.19 bits per heavy atom. The predicted octanol–water partition coefficient (Wildman–Crippen LogP) is 0.257. The number of hydrogen-bond acceptors (Lipinski definition) is 3. The maximum Gasteiger partial charge on any atom is 0.282 e. The molecule has 1 aliphatic heterocycles. The van der Waals surface area contributed by atoms with Gasteiger partial charge in [-0.3, -0.25) is 0 Å². The molecule has 1 heterocycles. The third kappa shape index (κ3) is 3.16. The fourth-order valence-corrected chi connectivity index (χ4v) is 3.41. The van der Waals surface area contributed by atoms with Crippen LogP contribution in [0, 0.1) is 0 Å². The first-order valence-corrected chi connectivity index (χ1v) is 7.33. The summed E-state index contributed by atoms with van der Waals surface area (Å²) in [6.45, 7) is 6.66. The van der Waals surface area contributed by atoms with Gasteiger partial charge in [-0.05, 0) is 13.3 Å². The van der Waals surface area contributed by atoms with Crippen molar-refractivity contribution in [3.63, 3.8) is 0 Å². The summed E-state index contributed by atoms with van der Waals surface area (Å²) in [6, 6.07) is 0.0443. The SMILES string of the molecule is CCCCN(C)S(=O)(=O)N1CCNCC1C. The number of unbranched alkanes of at least 4 members (excludes halogenated alkanes) is 1. The fourth-order valence-electron chi connectivity index (χ4n) is 1.84. The molecule has 1 rings (SSSR count). The number of nitrogens with zero attached hydrogens (tertiary/aromatic N) is 2. The number of piperazine rings is 1. The van der Waals surface area contributed by atoms with Gasteiger partial charge in [0.15, 0.2) is 0 Å². The molecule has 0 bridgehead atoms. The summed E-state index contributed by atoms with van der Waals surface area (Å²) in [7, 11) is -1.59. The Bertz CT molecular complexity index is 305. The van der Waals surface area contributed by atoms with Crippen molar-refractivity contribution in [3.05, 3.63) is 0 Å². The van der Waals surface area contributed by atoms with Crippen LogP contribution in [-0.2, 0) is 10.2 Å². The van der Waals surface area contributed by atoms with Crippen molar-refractivity contribution in [2.75, 3.05) is 33.2 Å². The van der Waals surface area contributed by atoms with Crippen LogP contribution in [-0.4, -0.2) is 56.3 Å². The van der Waals surface area contributed by atoms with E-state index in [-0.39, 0.29) is 6.04 Å². The molecule has 1 unspecified atom stereocenters. The molecule has 1 fully saturated rings. The lowest BCUT2D eigenvalue weighted by Crippen LogP contribution is -2.55. The van der Waals surface area contributed by atoms with E-state index in [4.69, 9.17) is 0 Å². The van der Waals surface area contributed by atoms with Gasteiger partial charge in [0, 0.05) is 39.3 Å². The van der Waals surface area contributed by atoms with E-state index in [0.29, 0.717) is 13.1 Å². The van der Waals surface area contributed by atoms with Crippen molar-refractivity contribution < 1.29 is 8.42 Å². The summed E-state index contributed by atoms with van der Waals surface area (Å²) in [5.74, 6) is 0. The van der Waals surface area contributed by atoms with Gasteiger partial charge in [0.05, 0.1) is 0 Å². The van der Waals surface area contributed by atoms with Crippen LogP contribution in [0.3, 0.4) is 0 Å². The Morgan fingerprint density at radius 1 is 1.50 bits per heavy atom. The zero-order chi connectivity index (χ0) is 12.2. The minimum absolute atomic E-state index is 0.0443. The number of rotatable bonds is 5. The van der Waals surface area contributed by atoms with Crippen molar-refractivity contribution in [1.82, 2.24) is 13.9 Å². The highest BCUT2D eigenvalue weighted by Crippen LogP contribution is 2.13. The van der Waals surface area contributed by atoms with Crippen LogP contribution in [0.4, 0.5) is 0 Å². The molecular formula is C10H23N3O2S. The van der Waals surface area contributed by atoms with E-state index >= 15 is 0 Å². The lowest BCUT2D eigenvalue weighted by Gasteiger charge is -2.35. The molecule has 1 N–H and O–H groups in total. The highest BCUT2D eigenvalue weighted by atomic mass is 32.2. The largest absolute Gasteiger partial charge is 0.314 e. The van der Waals surface area contributed by atoms with Gasteiger partial charge in [0.2, 0.25) is 0 Å². The van der Waals surface area contributed by atoms with Gasteiger partial charge < -0.3 is 5.32 Å². The smallest absolute Gasteiger partial charge is 0.282 e. The second-order valence-corrected chi connectivity index (χ2v) is 6.33. The second-order valence-electron chi connectivity index (χ2n) is 4.35. The van der Waals surface area contributed by atoms with Gasteiger partial charge in [0.25, 0.3) is 10.2 Å². The molecule has 1 atom stereocenters. The summed E-state index contributed by atoms with van der Waals surface area (Å²) < 4.78 is 27.5. The van der Waals surface area contributed by atoms with Crippen LogP contribution < -0.4 is 5.32 Å². The summed E-state index contributed by atoms with van der Waals surface area (Å²) in [5, 5.41) is 3.19. The fraction of sp³-hybridized carbons (Fsp3) is 1.00. The van der Waals surface area contributed by atoms with Crippen LogP contribution in [0.25, 0.3) is 0 Å². The molecule has 0 aromatic carbocycles. The minimum Gasteiger partial charge on any atom is -0.314 e. The minimum atomic E-state index is -3.26. The molecule has 0 aliphatic carbocycles. The van der Waals surface area contributed by atoms with Crippen molar-refractivity contribution in [2.45, 2.75) is 32.7 Å². The third-order valence-electron chi connectivity index (χ3n) is 2.96. The molecule has 1 saturated heterocycles. The summed E-state index contributed by atoms with van der Waals surface area (Å²) in [6.07, 6.45) is 1.92. The molecule has 16 heavy (non-hydrogen) atoms. The van der Waals surface area contributed by atoms with E-state index < -0.39 is 10.2 Å². The quantitative estimate of drug-likeness (QED) is 0.760. The van der Waals surface area contributed by atoms with Gasteiger partial charge in [-0.1, -0.05) is 13.3 Å². The van der Waals surface area contributed by atoms with Crippen LogP contribution in [0.1, 0.15) is 26.7 Å². The predicted molar refractivity (Wildman–Crippen MR) is 65.5 cm³/mol. The maximum absolute atomic E-state index is 12.2. The molecule has 1 aliphatic rings. The van der Waals surface area contributed by atoms with Crippen molar-refractivity contribution in [3.8, 4) is 0 Å². The normalized spacial score (nSPS) is 23.9. The van der Waals surface area contributed by atoms with Crippen molar-refractivity contribution in [2.24, 2.45) is 0 Å². The first kappa shape index (κ1) is 13.9. The molecule has 0 spiro atoms. The molecule has 0 radical (unpaired) electrons. The first-order valence-electron chi connectivity index (χ1n) is 5.94. The molecule has 0 aromatic heterocycles. The Labute approximate surface area is 99.0 Å². The standard InChI is InChI=1S/C10H23N3O2S/c1-4-5-7-12(3)16(14,15)13-8-6-11-9-10(13)2/h10-11H,4-9H2,1-3H3. The van der Waals surface area contributed by atoms with E-state index in [9.17, 15) is 8.42 Å². The van der Waals surface area contributed by atoms with E-state index in [0.717, 1.165) is 25.9 Å². The van der Waals surface area contributed by atoms with Gasteiger partial charge in [0.1, 0.15) is 0 Å². The highest BCUT2D eigenvalue weighted by Gasteiger charge is 2.32. The van der Waals surface area contributed by atoms with Gasteiger partial charge >= 0.3 is 0 Å². The monoisotopic (exact) mass is 249 g/mol. The topological polar surface area (TPSA) is 52.7 Å². The lowest BCUT2D eigenvalue weighted by atomic mass is 10.3. The molecule has 0 aromatic rings. The Kier molecular flexibility index (Phi) is 5.17. The van der Waals surface area contributed by atoms with Crippen molar-refractivity contribution in [1.29, 1.82) is 0 Å². The lowest BCUT2D eigenvalue weighted by molar-refractivity contribution is 0.263. The van der Waals surface area contributed by atoms with Crippen LogP contribution >= 0.6 is 0 Å². The Balaban J connectivity index is 2.67. The van der Waals surface area contributed by atoms with Crippen LogP contribution in [0.15, 0.2) is 0 Å². The third-order valence-corrected chi connectivity index (χ3v) is 5.06. The molecule has 5 nitrogen and oxygen atoms in total. The average Bonchev–Trinajstić information content (AvgIpc) is 2.26. The number of hydrogen-bond donors (Lipinski definition) is 1. The second kappa shape index (κ2) is 5.95. The first-order chi connectivity index (χ1) is 7.50. The van der Waals surface area contributed by atoms with Crippen LogP contribution in [0.5, 0.6) is 0 Å². The van der Waals surface area contributed by atoms with E-state index in [1.54, 1.807) is 11.4 Å². The van der Waals surface area contributed by atoms with E-state index in [1.807, 2.05) is 6.92 Å². The molecule has 0 saturated carbocycles. The zero-order valence-corrected chi connectivity index (χ0v) is 11.3. The molecule has 0 amide bonds. The van der Waals surface area contributed by atoms with Gasteiger partial charge in [-0.15, -0.1) is 0 Å². The van der Waals surface area contributed by atoms with Gasteiger partial charge in [-0.2, -0.15) is 17.0 Å². The maximum atomic E-state index is 12.2. The Hall–Kier alpha value is -0.170. The van der Waals surface area contributed by atoms with Crippen molar-refractivity contribution >= 4 is 10.2 Å². The molecule has 6 heteroatoms. The van der Waals surface area contributed by atoms with E-state index in [1.165, 1.54) is 4.31 Å². The summed E-state index contributed by atoms with van der Waals surface area (Å²) in [5.41, 5.74) is 0. The average molecular weight is 249 g/mol. The molecule has 96 valence electrons. The molecular weight excluding hydrogens is 226 g/mol. The zero-order valence-electron chi connectivity index (χ0n) is 10.4. The highest BCUT2D eigenvalue weighted by molar-refractivity contribution is 7.86. The number of nitrogens with one attached hydrogen (secondary N) is 1. The summed E-state index contributed by atoms with van der Waals surface area (Å²) >= 11 is 0. The Morgan fingerprint density at radius 3 is 2.75 bits per heavy atom.